The van der Waals surface area contributed by atoms with Crippen LogP contribution in [0.5, 0.6) is 0 Å². The van der Waals surface area contributed by atoms with Crippen LogP contribution in [0.25, 0.3) is 71.7 Å². The normalized spacial score (nSPS) is 15.3. The monoisotopic (exact) mass is 970 g/mol. The molecule has 0 amide bonds. The Bertz CT molecular complexity index is 3910. The molecule has 1 aromatic heterocycles. The minimum absolute atomic E-state index is 0.124. The fraction of sp³-hybridized carbons (Fsp3) is 0.139. The van der Waals surface area contributed by atoms with E-state index < -0.39 is 0 Å². The van der Waals surface area contributed by atoms with Gasteiger partial charge in [0.05, 0.1) is 11.0 Å². The first-order chi connectivity index (χ1) is 36.8. The lowest BCUT2D eigenvalue weighted by molar-refractivity contribution is 0.660. The largest absolute Gasteiger partial charge is 0.311 e. The maximum absolute atomic E-state index is 2.46. The second-order valence-electron chi connectivity index (χ2n) is 20.8. The molecule has 1 unspecified atom stereocenters. The van der Waals surface area contributed by atoms with Crippen LogP contribution in [0.1, 0.15) is 65.0 Å². The molecule has 75 heavy (non-hydrogen) atoms. The Labute approximate surface area is 443 Å². The van der Waals surface area contributed by atoms with Gasteiger partial charge in [0.15, 0.2) is 0 Å². The molecule has 0 radical (unpaired) electrons. The van der Waals surface area contributed by atoms with Crippen LogP contribution in [0.3, 0.4) is 0 Å². The molecule has 10 aromatic rings. The molecule has 13 rings (SSSR count). The summed E-state index contributed by atoms with van der Waals surface area (Å²) in [7, 11) is 0. The standard InChI is InChI=1S/C68H55N3.C4H8/c1-46-25-31-54(32-26-46)69(52-18-6-4-7-19-52)56-35-37-57(38-36-56)70(58-39-40-61-60-23-12-13-24-63(60)68(2,3)64(61)45-58)55-33-27-47(28-34-55)49-16-14-17-50(43-49)51-30-41-65-62(44-51)67-59-22-11-10-15-48(59)29-42-66(67)71(65)53-20-8-5-9-21-53;1-3-4-2/h4,6-8,10-25,27-46H,5,9,26H2,1-3H3;3-4H,1-2H3/b;4-3-. The second-order valence-corrected chi connectivity index (χ2v) is 20.8. The Balaban J connectivity index is 0.00000138. The van der Waals surface area contributed by atoms with E-state index in [-0.39, 0.29) is 5.41 Å². The van der Waals surface area contributed by atoms with Crippen molar-refractivity contribution in [3.05, 3.63) is 266 Å². The van der Waals surface area contributed by atoms with Gasteiger partial charge in [-0.05, 0) is 191 Å². The minimum atomic E-state index is -0.124. The molecular formula is C72H63N3. The number of rotatable bonds is 9. The molecular weight excluding hydrogens is 907 g/mol. The van der Waals surface area contributed by atoms with Gasteiger partial charge in [0.2, 0.25) is 0 Å². The van der Waals surface area contributed by atoms with Gasteiger partial charge in [-0.2, -0.15) is 0 Å². The average molecular weight is 970 g/mol. The Morgan fingerprint density at radius 1 is 0.480 bits per heavy atom. The van der Waals surface area contributed by atoms with Gasteiger partial charge in [0.1, 0.15) is 0 Å². The SMILES string of the molecule is C/C=C\C.CC1C=CC(N(c2ccccc2)c2ccc(N(c3ccc(-c4cccc(-c5ccc6c(c5)c5c7ccccc7ccc5n6C5=CCCC=C5)c4)cc3)c3ccc4c(c3)C(C)(C)c3ccccc3-4)cc2)=CC1. The molecule has 0 spiro atoms. The highest BCUT2D eigenvalue weighted by molar-refractivity contribution is 6.22. The van der Waals surface area contributed by atoms with E-state index in [9.17, 15) is 0 Å². The number of benzene rings is 9. The maximum Gasteiger partial charge on any atom is 0.0547 e. The molecule has 3 aliphatic rings. The van der Waals surface area contributed by atoms with Crippen molar-refractivity contribution in [1.29, 1.82) is 0 Å². The molecule has 0 N–H and O–H groups in total. The molecule has 3 nitrogen and oxygen atoms in total. The number of allylic oxidation sites excluding steroid dienone is 9. The zero-order valence-corrected chi connectivity index (χ0v) is 43.7. The third-order valence-corrected chi connectivity index (χ3v) is 15.6. The van der Waals surface area contributed by atoms with Gasteiger partial charge in [-0.3, -0.25) is 0 Å². The van der Waals surface area contributed by atoms with Gasteiger partial charge in [-0.15, -0.1) is 0 Å². The molecule has 9 aromatic carbocycles. The van der Waals surface area contributed by atoms with Crippen LogP contribution < -0.4 is 9.80 Å². The van der Waals surface area contributed by atoms with Crippen molar-refractivity contribution in [3.8, 4) is 33.4 Å². The van der Waals surface area contributed by atoms with Crippen molar-refractivity contribution in [1.82, 2.24) is 4.57 Å². The summed E-state index contributed by atoms with van der Waals surface area (Å²) in [5.41, 5.74) is 20.6. The highest BCUT2D eigenvalue weighted by Crippen LogP contribution is 2.51. The number of aromatic nitrogens is 1. The van der Waals surface area contributed by atoms with Crippen LogP contribution in [0.15, 0.2) is 254 Å². The number of hydrogen-bond donors (Lipinski definition) is 0. The van der Waals surface area contributed by atoms with Gasteiger partial charge >= 0.3 is 0 Å². The van der Waals surface area contributed by atoms with Crippen LogP contribution in [-0.2, 0) is 5.41 Å². The third-order valence-electron chi connectivity index (χ3n) is 15.6. The van der Waals surface area contributed by atoms with Gasteiger partial charge < -0.3 is 14.4 Å². The summed E-state index contributed by atoms with van der Waals surface area (Å²) >= 11 is 0. The zero-order chi connectivity index (χ0) is 51.0. The summed E-state index contributed by atoms with van der Waals surface area (Å²) < 4.78 is 2.46. The quantitative estimate of drug-likeness (QED) is 0.134. The summed E-state index contributed by atoms with van der Waals surface area (Å²) in [5, 5.41) is 5.14. The topological polar surface area (TPSA) is 11.4 Å². The van der Waals surface area contributed by atoms with E-state index in [0.717, 1.165) is 47.7 Å². The first-order valence-electron chi connectivity index (χ1n) is 26.8. The maximum atomic E-state index is 2.46. The predicted octanol–water partition coefficient (Wildman–Crippen LogP) is 20.4. The van der Waals surface area contributed by atoms with E-state index >= 15 is 0 Å². The van der Waals surface area contributed by atoms with Crippen LogP contribution in [0.2, 0.25) is 0 Å². The molecule has 1 heterocycles. The van der Waals surface area contributed by atoms with E-state index in [0.29, 0.717) is 5.92 Å². The fourth-order valence-corrected chi connectivity index (χ4v) is 11.6. The molecule has 0 fully saturated rings. The van der Waals surface area contributed by atoms with E-state index in [1.165, 1.54) is 88.5 Å². The Morgan fingerprint density at radius 3 is 1.84 bits per heavy atom. The molecule has 0 saturated heterocycles. The van der Waals surface area contributed by atoms with E-state index in [1.54, 1.807) is 0 Å². The molecule has 0 aliphatic heterocycles. The van der Waals surface area contributed by atoms with Crippen molar-refractivity contribution < 1.29 is 0 Å². The summed E-state index contributed by atoms with van der Waals surface area (Å²) in [4.78, 5) is 4.80. The van der Waals surface area contributed by atoms with Gasteiger partial charge in [0, 0.05) is 56.0 Å². The number of anilines is 5. The molecule has 0 bridgehead atoms. The summed E-state index contributed by atoms with van der Waals surface area (Å²) in [5.74, 6) is 0.534. The second kappa shape index (κ2) is 20.0. The van der Waals surface area contributed by atoms with Crippen molar-refractivity contribution in [2.24, 2.45) is 5.92 Å². The van der Waals surface area contributed by atoms with Crippen molar-refractivity contribution in [2.75, 3.05) is 9.80 Å². The van der Waals surface area contributed by atoms with E-state index in [4.69, 9.17) is 0 Å². The lowest BCUT2D eigenvalue weighted by atomic mass is 9.82. The molecule has 0 saturated carbocycles. The molecule has 3 aliphatic carbocycles. The van der Waals surface area contributed by atoms with Gasteiger partial charge in [-0.25, -0.2) is 0 Å². The smallest absolute Gasteiger partial charge is 0.0547 e. The van der Waals surface area contributed by atoms with Crippen molar-refractivity contribution in [3.63, 3.8) is 0 Å². The van der Waals surface area contributed by atoms with Crippen LogP contribution in [-0.4, -0.2) is 4.57 Å². The van der Waals surface area contributed by atoms with Crippen LogP contribution in [0.4, 0.5) is 28.4 Å². The van der Waals surface area contributed by atoms with Crippen LogP contribution in [0, 0.1) is 5.92 Å². The molecule has 1 atom stereocenters. The lowest BCUT2D eigenvalue weighted by Gasteiger charge is -2.30. The van der Waals surface area contributed by atoms with Gasteiger partial charge in [-0.1, -0.05) is 172 Å². The van der Waals surface area contributed by atoms with E-state index in [2.05, 4.69) is 272 Å². The highest BCUT2D eigenvalue weighted by Gasteiger charge is 2.36. The van der Waals surface area contributed by atoms with Gasteiger partial charge in [0.25, 0.3) is 0 Å². The lowest BCUT2D eigenvalue weighted by Crippen LogP contribution is -2.18. The molecule has 366 valence electrons. The predicted molar refractivity (Wildman–Crippen MR) is 323 cm³/mol. The van der Waals surface area contributed by atoms with Crippen LogP contribution >= 0.6 is 0 Å². The zero-order valence-electron chi connectivity index (χ0n) is 43.7. The Kier molecular flexibility index (Phi) is 12.6. The molecule has 3 heteroatoms. The summed E-state index contributed by atoms with van der Waals surface area (Å²) in [6, 6.07) is 74.4. The van der Waals surface area contributed by atoms with E-state index in [1.807, 2.05) is 26.0 Å². The number of para-hydroxylation sites is 1. The van der Waals surface area contributed by atoms with Crippen molar-refractivity contribution in [2.45, 2.75) is 59.3 Å². The summed E-state index contributed by atoms with van der Waals surface area (Å²) in [6.45, 7) is 11.0. The number of nitrogens with zero attached hydrogens (tertiary/aromatic N) is 3. The highest BCUT2D eigenvalue weighted by atomic mass is 15.2. The van der Waals surface area contributed by atoms with Crippen molar-refractivity contribution >= 4 is 66.7 Å². The first-order valence-corrected chi connectivity index (χ1v) is 26.8. The number of fused-ring (bicyclic) bond motifs is 8. The third kappa shape index (κ3) is 8.72. The summed E-state index contributed by atoms with van der Waals surface area (Å²) in [6.07, 6.45) is 21.1. The fourth-order valence-electron chi connectivity index (χ4n) is 11.6. The minimum Gasteiger partial charge on any atom is -0.311 e. The first kappa shape index (κ1) is 47.4. The number of hydrogen-bond acceptors (Lipinski definition) is 2. The average Bonchev–Trinajstić information content (AvgIpc) is 4.02. The Morgan fingerprint density at radius 2 is 1.11 bits per heavy atom. The Hall–Kier alpha value is -8.66.